The average molecular weight is 307 g/mol. The minimum atomic E-state index is -0.602. The van der Waals surface area contributed by atoms with Gasteiger partial charge in [0.25, 0.3) is 0 Å². The zero-order valence-electron chi connectivity index (χ0n) is 14.5. The van der Waals surface area contributed by atoms with Crippen LogP contribution in [0.2, 0.25) is 0 Å². The van der Waals surface area contributed by atoms with Crippen LogP contribution in [0.15, 0.2) is 0 Å². The molecule has 0 heterocycles. The Morgan fingerprint density at radius 1 is 0.842 bits per heavy atom. The van der Waals surface area contributed by atoms with Gasteiger partial charge in [-0.2, -0.15) is 0 Å². The van der Waals surface area contributed by atoms with Crippen LogP contribution in [0.3, 0.4) is 0 Å². The fraction of sp³-hybridized carbons (Fsp3) is 1.00. The molecular weight excluding hydrogens is 272 g/mol. The molecule has 0 amide bonds. The second-order valence-corrected chi connectivity index (χ2v) is 11.8. The maximum absolute atomic E-state index is 10.0. The van der Waals surface area contributed by atoms with Gasteiger partial charge in [-0.3, -0.25) is 0 Å². The Morgan fingerprint density at radius 2 is 1.26 bits per heavy atom. The van der Waals surface area contributed by atoms with Crippen molar-refractivity contribution in [3.05, 3.63) is 0 Å². The maximum atomic E-state index is 10.0. The van der Waals surface area contributed by atoms with Gasteiger partial charge in [0.2, 0.25) is 0 Å². The molecule has 0 saturated heterocycles. The summed E-state index contributed by atoms with van der Waals surface area (Å²) < 4.78 is 0.274. The predicted octanol–water partition coefficient (Wildman–Crippen LogP) is 5.77. The molecule has 3 heteroatoms. The molecule has 0 radical (unpaired) electrons. The van der Waals surface area contributed by atoms with Crippen molar-refractivity contribution in [1.29, 1.82) is 0 Å². The highest BCUT2D eigenvalue weighted by molar-refractivity contribution is 8.77. The minimum absolute atomic E-state index is 0.0766. The summed E-state index contributed by atoms with van der Waals surface area (Å²) in [4.78, 5) is 0. The van der Waals surface area contributed by atoms with Crippen LogP contribution in [0, 0.1) is 11.3 Å². The van der Waals surface area contributed by atoms with Crippen molar-refractivity contribution in [3.63, 3.8) is 0 Å². The maximum Gasteiger partial charge on any atom is 0.0605 e. The first-order chi connectivity index (χ1) is 8.11. The van der Waals surface area contributed by atoms with Gasteiger partial charge in [-0.05, 0) is 59.3 Å². The Balaban J connectivity index is 4.71. The SMILES string of the molecule is CC(C)C(C)(C)C(C)(C)SSC(C)(C)CC(C)(C)O. The van der Waals surface area contributed by atoms with Crippen molar-refractivity contribution < 1.29 is 5.11 Å². The number of hydrogen-bond acceptors (Lipinski definition) is 3. The first kappa shape index (κ1) is 19.7. The van der Waals surface area contributed by atoms with Crippen LogP contribution in [0.25, 0.3) is 0 Å². The van der Waals surface area contributed by atoms with Crippen LogP contribution in [0.5, 0.6) is 0 Å². The van der Waals surface area contributed by atoms with E-state index < -0.39 is 5.60 Å². The quantitative estimate of drug-likeness (QED) is 0.603. The summed E-state index contributed by atoms with van der Waals surface area (Å²) in [7, 11) is 3.88. The lowest BCUT2D eigenvalue weighted by molar-refractivity contribution is 0.0631. The van der Waals surface area contributed by atoms with E-state index in [9.17, 15) is 5.11 Å². The number of rotatable bonds is 7. The number of aliphatic hydroxyl groups is 1. The van der Waals surface area contributed by atoms with Gasteiger partial charge in [0.1, 0.15) is 0 Å². The van der Waals surface area contributed by atoms with Crippen LogP contribution in [0.1, 0.15) is 75.7 Å². The molecule has 0 aromatic heterocycles. The van der Waals surface area contributed by atoms with Crippen LogP contribution in [0.4, 0.5) is 0 Å². The molecule has 0 fully saturated rings. The van der Waals surface area contributed by atoms with Gasteiger partial charge < -0.3 is 5.11 Å². The monoisotopic (exact) mass is 306 g/mol. The Hall–Kier alpha value is 0.660. The van der Waals surface area contributed by atoms with Gasteiger partial charge in [0.05, 0.1) is 5.60 Å². The number of hydrogen-bond donors (Lipinski definition) is 1. The van der Waals surface area contributed by atoms with Crippen molar-refractivity contribution in [2.24, 2.45) is 11.3 Å². The van der Waals surface area contributed by atoms with Gasteiger partial charge in [-0.1, -0.05) is 49.3 Å². The predicted molar refractivity (Wildman–Crippen MR) is 92.9 cm³/mol. The van der Waals surface area contributed by atoms with E-state index in [1.54, 1.807) is 0 Å². The molecular formula is C16H34OS2. The minimum Gasteiger partial charge on any atom is -0.390 e. The average Bonchev–Trinajstić information content (AvgIpc) is 2.10. The largest absolute Gasteiger partial charge is 0.390 e. The normalized spacial score (nSPS) is 15.2. The highest BCUT2D eigenvalue weighted by Crippen LogP contribution is 2.54. The Bertz CT molecular complexity index is 286. The molecule has 1 N–H and O–H groups in total. The molecule has 0 aromatic rings. The Morgan fingerprint density at radius 3 is 1.58 bits per heavy atom. The fourth-order valence-corrected chi connectivity index (χ4v) is 5.51. The van der Waals surface area contributed by atoms with Crippen LogP contribution in [-0.4, -0.2) is 20.2 Å². The zero-order valence-corrected chi connectivity index (χ0v) is 16.2. The fourth-order valence-electron chi connectivity index (χ4n) is 2.09. The third kappa shape index (κ3) is 6.31. The van der Waals surface area contributed by atoms with E-state index in [1.165, 1.54) is 0 Å². The standard InChI is InChI=1S/C16H34OS2/c1-12(2)15(7,8)16(9,10)19-18-14(5,6)11-13(3,4)17/h12,17H,11H2,1-10H3. The van der Waals surface area contributed by atoms with E-state index in [0.29, 0.717) is 5.92 Å². The van der Waals surface area contributed by atoms with Crippen LogP contribution < -0.4 is 0 Å². The molecule has 0 atom stereocenters. The topological polar surface area (TPSA) is 20.2 Å². The molecule has 0 aliphatic carbocycles. The molecule has 0 aliphatic heterocycles. The van der Waals surface area contributed by atoms with Gasteiger partial charge in [0, 0.05) is 9.49 Å². The molecule has 0 rings (SSSR count). The van der Waals surface area contributed by atoms with E-state index >= 15 is 0 Å². The van der Waals surface area contributed by atoms with Crippen molar-refractivity contribution in [2.75, 3.05) is 0 Å². The summed E-state index contributed by atoms with van der Waals surface area (Å²) in [5.74, 6) is 0.646. The molecule has 19 heavy (non-hydrogen) atoms. The van der Waals surface area contributed by atoms with Gasteiger partial charge in [0.15, 0.2) is 0 Å². The van der Waals surface area contributed by atoms with E-state index in [4.69, 9.17) is 0 Å². The smallest absolute Gasteiger partial charge is 0.0605 e. The van der Waals surface area contributed by atoms with Crippen molar-refractivity contribution >= 4 is 21.6 Å². The first-order valence-electron chi connectivity index (χ1n) is 7.20. The molecule has 0 bridgehead atoms. The lowest BCUT2D eigenvalue weighted by atomic mass is 9.72. The second kappa shape index (κ2) is 6.19. The summed E-state index contributed by atoms with van der Waals surface area (Å²) in [5.41, 5.74) is -0.329. The Labute approximate surface area is 129 Å². The highest BCUT2D eigenvalue weighted by Gasteiger charge is 2.41. The molecule has 0 saturated carbocycles. The molecule has 0 spiro atoms. The van der Waals surface area contributed by atoms with Gasteiger partial charge in [-0.25, -0.2) is 0 Å². The molecule has 0 unspecified atom stereocenters. The van der Waals surface area contributed by atoms with Crippen molar-refractivity contribution in [2.45, 2.75) is 90.8 Å². The Kier molecular flexibility index (Phi) is 6.41. The molecule has 1 nitrogen and oxygen atoms in total. The summed E-state index contributed by atoms with van der Waals surface area (Å²) >= 11 is 0. The van der Waals surface area contributed by atoms with E-state index in [-0.39, 0.29) is 14.9 Å². The second-order valence-electron chi connectivity index (χ2n) is 8.30. The third-order valence-corrected chi connectivity index (χ3v) is 8.80. The van der Waals surface area contributed by atoms with E-state index in [1.807, 2.05) is 35.4 Å². The summed E-state index contributed by atoms with van der Waals surface area (Å²) in [6.45, 7) is 22.2. The summed E-state index contributed by atoms with van der Waals surface area (Å²) in [6, 6.07) is 0. The van der Waals surface area contributed by atoms with E-state index in [0.717, 1.165) is 6.42 Å². The van der Waals surface area contributed by atoms with Gasteiger partial charge >= 0.3 is 0 Å². The third-order valence-electron chi connectivity index (χ3n) is 4.33. The molecule has 0 aromatic carbocycles. The summed E-state index contributed by atoms with van der Waals surface area (Å²) in [5, 5.41) is 10.0. The zero-order chi connectivity index (χ0) is 15.7. The van der Waals surface area contributed by atoms with Gasteiger partial charge in [-0.15, -0.1) is 0 Å². The molecule has 0 aliphatic rings. The first-order valence-corrected chi connectivity index (χ1v) is 9.35. The van der Waals surface area contributed by atoms with E-state index in [2.05, 4.69) is 55.4 Å². The van der Waals surface area contributed by atoms with Crippen LogP contribution >= 0.6 is 21.6 Å². The lowest BCUT2D eigenvalue weighted by Gasteiger charge is -2.45. The molecule has 116 valence electrons. The lowest BCUT2D eigenvalue weighted by Crippen LogP contribution is -2.40. The van der Waals surface area contributed by atoms with Crippen molar-refractivity contribution in [1.82, 2.24) is 0 Å². The summed E-state index contributed by atoms with van der Waals surface area (Å²) in [6.07, 6.45) is 0.801. The highest BCUT2D eigenvalue weighted by atomic mass is 33.1. The van der Waals surface area contributed by atoms with Crippen LogP contribution in [-0.2, 0) is 0 Å². The van der Waals surface area contributed by atoms with Crippen molar-refractivity contribution in [3.8, 4) is 0 Å².